The van der Waals surface area contributed by atoms with Crippen molar-refractivity contribution in [2.45, 2.75) is 6.18 Å². The van der Waals surface area contributed by atoms with E-state index < -0.39 is 30.2 Å². The summed E-state index contributed by atoms with van der Waals surface area (Å²) in [4.78, 5) is 48.8. The van der Waals surface area contributed by atoms with Gasteiger partial charge in [0.1, 0.15) is 11.5 Å². The molecule has 0 aliphatic heterocycles. The lowest BCUT2D eigenvalue weighted by Gasteiger charge is -2.12. The summed E-state index contributed by atoms with van der Waals surface area (Å²) in [7, 11) is 9.02. The molecule has 0 saturated carbocycles. The van der Waals surface area contributed by atoms with Gasteiger partial charge in [-0.3, -0.25) is 9.59 Å². The number of esters is 1. The van der Waals surface area contributed by atoms with Crippen LogP contribution in [0.3, 0.4) is 0 Å². The van der Waals surface area contributed by atoms with Gasteiger partial charge < -0.3 is 54.1 Å². The minimum atomic E-state index is -5.08. The van der Waals surface area contributed by atoms with Crippen molar-refractivity contribution in [3.8, 4) is 51.5 Å². The summed E-state index contributed by atoms with van der Waals surface area (Å²) < 4.78 is 67.6. The Balaban J connectivity index is 0.000000257. The zero-order valence-corrected chi connectivity index (χ0v) is 30.7. The maximum Gasteiger partial charge on any atom is 0.490 e. The van der Waals surface area contributed by atoms with Gasteiger partial charge in [0.25, 0.3) is 0 Å². The zero-order valence-electron chi connectivity index (χ0n) is 30.7. The number of carbonyl (C=O) groups excluding carboxylic acids is 2. The van der Waals surface area contributed by atoms with Crippen molar-refractivity contribution < 1.29 is 70.9 Å². The number of carbonyl (C=O) groups is 3. The maximum absolute atomic E-state index is 12.5. The molecule has 0 spiro atoms. The van der Waals surface area contributed by atoms with Crippen LogP contribution in [0.2, 0.25) is 0 Å². The summed E-state index contributed by atoms with van der Waals surface area (Å²) in [5.74, 6) is -1.20. The number of benzene rings is 4. The number of rotatable bonds is 11. The highest BCUT2D eigenvalue weighted by Gasteiger charge is 2.38. The first-order valence-corrected chi connectivity index (χ1v) is 15.8. The van der Waals surface area contributed by atoms with E-state index in [9.17, 15) is 32.7 Å². The number of Topliss-reactive ketones (excluding diaryl/α,β-unsaturated/α-hetero) is 1. The highest BCUT2D eigenvalue weighted by molar-refractivity contribution is 6.01. The maximum atomic E-state index is 12.5. The van der Waals surface area contributed by atoms with Crippen molar-refractivity contribution in [3.05, 3.63) is 94.1 Å². The molecule has 298 valence electrons. The molecule has 0 atom stereocenters. The number of ether oxygens (including phenoxy) is 7. The third-order valence-electron chi connectivity index (χ3n) is 7.62. The molecule has 4 aromatic carbocycles. The fourth-order valence-electron chi connectivity index (χ4n) is 4.71. The molecule has 5 rings (SSSR count). The average molecular weight is 787 g/mol. The largest absolute Gasteiger partial charge is 0.503 e. The topological polar surface area (TPSA) is 215 Å². The molecule has 5 N–H and O–H groups in total. The first-order valence-electron chi connectivity index (χ1n) is 15.8. The number of methoxy groups -OCH3 is 6. The molecule has 0 aliphatic carbocycles. The number of pyridine rings is 1. The number of hydrogen-bond acceptors (Lipinski definition) is 13. The fourth-order valence-corrected chi connectivity index (χ4v) is 4.71. The molecule has 1 aromatic heterocycles. The second-order valence-corrected chi connectivity index (χ2v) is 11.0. The standard InChI is InChI=1S/C18H19NO6.C18H17NO5.C2HF3O2/c1-22-12-6-4-11(5-7-12)15(20)10-25-18(21)13-8-16(23-2)17(24-3)9-14(13)19;1-22-11-6-4-10(5-7-11)16-18(21)17(20)12-8-14(23-2)15(24-3)9-13(12)19-16;3-2(4,5)1(6)7/h4-9H,10,19H2,1-3H3;4-9,21H,1-3H3,(H,19,20);(H,6,7). The number of carboxylic acid groups (broad SMARTS) is 1. The van der Waals surface area contributed by atoms with Crippen LogP contribution in [-0.4, -0.2) is 88.4 Å². The number of nitrogens with one attached hydrogen (secondary N) is 1. The normalized spacial score (nSPS) is 10.4. The third kappa shape index (κ3) is 10.7. The number of aromatic amines is 1. The fraction of sp³-hybridized carbons (Fsp3) is 0.211. The van der Waals surface area contributed by atoms with Gasteiger partial charge in [0, 0.05) is 29.3 Å². The number of carboxylic acids is 1. The summed E-state index contributed by atoms with van der Waals surface area (Å²) in [5, 5.41) is 17.8. The molecule has 5 aromatic rings. The highest BCUT2D eigenvalue weighted by atomic mass is 19.4. The van der Waals surface area contributed by atoms with Crippen molar-refractivity contribution in [2.75, 3.05) is 55.0 Å². The molecule has 0 fully saturated rings. The summed E-state index contributed by atoms with van der Waals surface area (Å²) in [6.45, 7) is -0.404. The number of nitrogens with two attached hydrogens (primary N) is 1. The number of halogens is 3. The monoisotopic (exact) mass is 786 g/mol. The number of nitrogen functional groups attached to an aromatic ring is 1. The van der Waals surface area contributed by atoms with E-state index in [0.29, 0.717) is 62.2 Å². The van der Waals surface area contributed by atoms with Crippen LogP contribution < -0.4 is 39.6 Å². The van der Waals surface area contributed by atoms with Crippen LogP contribution in [0.5, 0.6) is 40.2 Å². The molecule has 0 radical (unpaired) electrons. The van der Waals surface area contributed by atoms with E-state index in [-0.39, 0.29) is 22.8 Å². The molecular weight excluding hydrogens is 749 g/mol. The van der Waals surface area contributed by atoms with Gasteiger partial charge in [0.2, 0.25) is 5.43 Å². The summed E-state index contributed by atoms with van der Waals surface area (Å²) >= 11 is 0. The number of H-pyrrole nitrogens is 1. The Hall–Kier alpha value is -7.11. The van der Waals surface area contributed by atoms with Gasteiger partial charge in [-0.15, -0.1) is 0 Å². The molecule has 15 nitrogen and oxygen atoms in total. The molecule has 0 saturated heterocycles. The summed E-state index contributed by atoms with van der Waals surface area (Å²) in [6.07, 6.45) is -5.08. The minimum absolute atomic E-state index is 0.0974. The van der Waals surface area contributed by atoms with E-state index in [0.717, 1.165) is 0 Å². The lowest BCUT2D eigenvalue weighted by molar-refractivity contribution is -0.192. The van der Waals surface area contributed by atoms with Gasteiger partial charge in [-0.05, 0) is 54.6 Å². The Bertz CT molecular complexity index is 2220. The Labute approximate surface area is 316 Å². The number of aromatic hydroxyl groups is 1. The number of fused-ring (bicyclic) bond motifs is 1. The number of ketones is 1. The molecule has 1 heterocycles. The van der Waals surface area contributed by atoms with Crippen molar-refractivity contribution in [1.82, 2.24) is 4.98 Å². The smallest absolute Gasteiger partial charge is 0.490 e. The third-order valence-corrected chi connectivity index (χ3v) is 7.62. The van der Waals surface area contributed by atoms with E-state index in [1.165, 1.54) is 47.7 Å². The molecule has 0 amide bonds. The van der Waals surface area contributed by atoms with Gasteiger partial charge in [0.05, 0.1) is 70.5 Å². The summed E-state index contributed by atoms with van der Waals surface area (Å²) in [5.41, 5.74) is 7.58. The number of aliphatic carboxylic acids is 1. The first-order chi connectivity index (χ1) is 26.5. The van der Waals surface area contributed by atoms with E-state index in [4.69, 9.17) is 48.8 Å². The van der Waals surface area contributed by atoms with Gasteiger partial charge >= 0.3 is 18.1 Å². The van der Waals surface area contributed by atoms with E-state index in [1.54, 1.807) is 67.8 Å². The van der Waals surface area contributed by atoms with Crippen LogP contribution >= 0.6 is 0 Å². The minimum Gasteiger partial charge on any atom is -0.503 e. The Morgan fingerprint density at radius 2 is 1.18 bits per heavy atom. The van der Waals surface area contributed by atoms with Gasteiger partial charge in [-0.1, -0.05) is 0 Å². The molecule has 0 bridgehead atoms. The van der Waals surface area contributed by atoms with Crippen LogP contribution in [0.4, 0.5) is 18.9 Å². The van der Waals surface area contributed by atoms with Crippen LogP contribution in [0.15, 0.2) is 77.6 Å². The van der Waals surface area contributed by atoms with Crippen molar-refractivity contribution in [2.24, 2.45) is 0 Å². The second-order valence-electron chi connectivity index (χ2n) is 11.0. The Kier molecular flexibility index (Phi) is 14.9. The van der Waals surface area contributed by atoms with E-state index >= 15 is 0 Å². The van der Waals surface area contributed by atoms with Gasteiger partial charge in [-0.25, -0.2) is 9.59 Å². The predicted octanol–water partition coefficient (Wildman–Crippen LogP) is 5.89. The van der Waals surface area contributed by atoms with Gasteiger partial charge in [-0.2, -0.15) is 13.2 Å². The van der Waals surface area contributed by atoms with Crippen LogP contribution in [-0.2, 0) is 9.53 Å². The van der Waals surface area contributed by atoms with Crippen molar-refractivity contribution >= 4 is 34.3 Å². The zero-order chi connectivity index (χ0) is 41.7. The summed E-state index contributed by atoms with van der Waals surface area (Å²) in [6, 6.07) is 19.6. The highest BCUT2D eigenvalue weighted by Crippen LogP contribution is 2.34. The lowest BCUT2D eigenvalue weighted by atomic mass is 10.1. The van der Waals surface area contributed by atoms with Crippen LogP contribution in [0.1, 0.15) is 20.7 Å². The number of anilines is 1. The predicted molar refractivity (Wildman–Crippen MR) is 197 cm³/mol. The molecule has 0 aliphatic rings. The molecule has 0 unspecified atom stereocenters. The average Bonchev–Trinajstić information content (AvgIpc) is 3.20. The Morgan fingerprint density at radius 3 is 1.66 bits per heavy atom. The van der Waals surface area contributed by atoms with Crippen molar-refractivity contribution in [3.63, 3.8) is 0 Å². The number of hydrogen-bond donors (Lipinski definition) is 4. The van der Waals surface area contributed by atoms with Gasteiger partial charge in [0.15, 0.2) is 41.1 Å². The lowest BCUT2D eigenvalue weighted by Crippen LogP contribution is -2.21. The first kappa shape index (κ1) is 43.3. The molecular formula is C38H37F3N2O13. The number of alkyl halides is 3. The van der Waals surface area contributed by atoms with Crippen LogP contribution in [0.25, 0.3) is 22.2 Å². The second kappa shape index (κ2) is 19.3. The Morgan fingerprint density at radius 1 is 0.714 bits per heavy atom. The molecule has 18 heteroatoms. The van der Waals surface area contributed by atoms with E-state index in [2.05, 4.69) is 4.98 Å². The molecule has 56 heavy (non-hydrogen) atoms. The van der Waals surface area contributed by atoms with Crippen molar-refractivity contribution in [1.29, 1.82) is 0 Å². The van der Waals surface area contributed by atoms with E-state index in [1.807, 2.05) is 0 Å². The van der Waals surface area contributed by atoms with Crippen LogP contribution in [0, 0.1) is 0 Å². The number of aromatic nitrogens is 1. The quantitative estimate of drug-likeness (QED) is 0.0698. The SMILES string of the molecule is COc1ccc(-c2[nH]c3cc(OC)c(OC)cc3c(=O)c2O)cc1.COc1ccc(C(=O)COC(=O)c2cc(OC)c(OC)cc2N)cc1.O=C(O)C(F)(F)F.